The van der Waals surface area contributed by atoms with Crippen LogP contribution in [0, 0.1) is 0 Å². The molecule has 0 saturated carbocycles. The number of aromatic nitrogens is 4. The van der Waals surface area contributed by atoms with Gasteiger partial charge in [0.05, 0.1) is 6.33 Å². The zero-order chi connectivity index (χ0) is 13.1. The van der Waals surface area contributed by atoms with Gasteiger partial charge in [0.2, 0.25) is 0 Å². The van der Waals surface area contributed by atoms with Crippen molar-refractivity contribution in [2.75, 3.05) is 17.7 Å². The number of aromatic amines is 1. The number of nitrogens with zero attached hydrogens (tertiary/aromatic N) is 3. The Hall–Kier alpha value is -2.63. The first-order chi connectivity index (χ1) is 9.36. The van der Waals surface area contributed by atoms with E-state index in [-0.39, 0.29) is 0 Å². The van der Waals surface area contributed by atoms with Gasteiger partial charge < -0.3 is 15.6 Å². The number of hydrogen-bond acceptors (Lipinski definition) is 5. The Kier molecular flexibility index (Phi) is 2.97. The van der Waals surface area contributed by atoms with Gasteiger partial charge in [0.15, 0.2) is 11.5 Å². The van der Waals surface area contributed by atoms with E-state index in [1.165, 1.54) is 11.9 Å². The molecule has 0 spiro atoms. The van der Waals surface area contributed by atoms with Crippen molar-refractivity contribution in [2.45, 2.75) is 6.54 Å². The molecule has 0 atom stereocenters. The van der Waals surface area contributed by atoms with E-state index in [1.807, 2.05) is 19.2 Å². The molecule has 6 nitrogen and oxygen atoms in total. The molecule has 0 aliphatic carbocycles. The smallest absolute Gasteiger partial charge is 0.162 e. The number of rotatable bonds is 4. The van der Waals surface area contributed by atoms with E-state index in [4.69, 9.17) is 0 Å². The molecule has 1 aromatic carbocycles. The first-order valence-corrected chi connectivity index (χ1v) is 6.01. The van der Waals surface area contributed by atoms with E-state index in [0.29, 0.717) is 6.54 Å². The Balaban J connectivity index is 1.76. The zero-order valence-corrected chi connectivity index (χ0v) is 10.5. The maximum absolute atomic E-state index is 4.21. The number of fused-ring (bicyclic) bond motifs is 1. The summed E-state index contributed by atoms with van der Waals surface area (Å²) in [6.07, 6.45) is 3.14. The average Bonchev–Trinajstić information content (AvgIpc) is 2.94. The summed E-state index contributed by atoms with van der Waals surface area (Å²) in [4.78, 5) is 15.5. The molecule has 0 amide bonds. The van der Waals surface area contributed by atoms with Crippen LogP contribution < -0.4 is 10.6 Å². The maximum Gasteiger partial charge on any atom is 0.162 e. The van der Waals surface area contributed by atoms with Gasteiger partial charge in [-0.15, -0.1) is 0 Å². The van der Waals surface area contributed by atoms with Crippen LogP contribution in [0.1, 0.15) is 5.56 Å². The quantitative estimate of drug-likeness (QED) is 0.663. The molecule has 3 aromatic rings. The summed E-state index contributed by atoms with van der Waals surface area (Å²) in [5.74, 6) is 0.740. The molecule has 2 heterocycles. The highest BCUT2D eigenvalue weighted by molar-refractivity contribution is 5.81. The lowest BCUT2D eigenvalue weighted by atomic mass is 10.2. The van der Waals surface area contributed by atoms with E-state index in [9.17, 15) is 0 Å². The second kappa shape index (κ2) is 4.93. The summed E-state index contributed by atoms with van der Waals surface area (Å²) in [6, 6.07) is 8.23. The van der Waals surface area contributed by atoms with Gasteiger partial charge in [0.1, 0.15) is 11.8 Å². The first-order valence-electron chi connectivity index (χ1n) is 6.01. The van der Waals surface area contributed by atoms with Gasteiger partial charge in [0.25, 0.3) is 0 Å². The van der Waals surface area contributed by atoms with E-state index < -0.39 is 0 Å². The number of anilines is 2. The van der Waals surface area contributed by atoms with Crippen molar-refractivity contribution >= 4 is 22.7 Å². The molecule has 0 fully saturated rings. The normalized spacial score (nSPS) is 10.6. The van der Waals surface area contributed by atoms with Gasteiger partial charge in [-0.2, -0.15) is 0 Å². The summed E-state index contributed by atoms with van der Waals surface area (Å²) >= 11 is 0. The van der Waals surface area contributed by atoms with Gasteiger partial charge in [-0.05, 0) is 17.7 Å². The van der Waals surface area contributed by atoms with Crippen molar-refractivity contribution in [1.29, 1.82) is 0 Å². The minimum absolute atomic E-state index is 0.697. The molecule has 3 rings (SSSR count). The minimum atomic E-state index is 0.697. The lowest BCUT2D eigenvalue weighted by Crippen LogP contribution is -2.02. The molecule has 96 valence electrons. The molecule has 0 unspecified atom stereocenters. The molecule has 3 N–H and O–H groups in total. The monoisotopic (exact) mass is 254 g/mol. The van der Waals surface area contributed by atoms with Crippen molar-refractivity contribution in [2.24, 2.45) is 0 Å². The van der Waals surface area contributed by atoms with Crippen molar-refractivity contribution < 1.29 is 0 Å². The van der Waals surface area contributed by atoms with Crippen molar-refractivity contribution in [3.05, 3.63) is 42.5 Å². The maximum atomic E-state index is 4.21. The standard InChI is InChI=1S/C13H14N6/c1-14-10-4-2-9(3-5-10)6-15-12-11-13(17-7-16-11)19-8-18-12/h2-5,7-8,14H,6H2,1H3,(H2,15,16,17,18,19). The lowest BCUT2D eigenvalue weighted by molar-refractivity contribution is 1.10. The molecule has 0 bridgehead atoms. The Labute approximate surface area is 110 Å². The third kappa shape index (κ3) is 2.33. The van der Waals surface area contributed by atoms with Crippen LogP contribution in [0.25, 0.3) is 11.2 Å². The predicted molar refractivity (Wildman–Crippen MR) is 75.0 cm³/mol. The van der Waals surface area contributed by atoms with Crippen molar-refractivity contribution in [3.63, 3.8) is 0 Å². The van der Waals surface area contributed by atoms with Crippen LogP contribution in [-0.4, -0.2) is 27.0 Å². The van der Waals surface area contributed by atoms with E-state index in [1.54, 1.807) is 6.33 Å². The average molecular weight is 254 g/mol. The second-order valence-corrected chi connectivity index (χ2v) is 4.12. The third-order valence-electron chi connectivity index (χ3n) is 2.92. The van der Waals surface area contributed by atoms with Crippen LogP contribution >= 0.6 is 0 Å². The summed E-state index contributed by atoms with van der Waals surface area (Å²) in [6.45, 7) is 0.697. The van der Waals surface area contributed by atoms with E-state index in [2.05, 4.69) is 42.7 Å². The highest BCUT2D eigenvalue weighted by Gasteiger charge is 2.05. The number of imidazole rings is 1. The second-order valence-electron chi connectivity index (χ2n) is 4.12. The fraction of sp³-hybridized carbons (Fsp3) is 0.154. The first kappa shape index (κ1) is 11.5. The van der Waals surface area contributed by atoms with Gasteiger partial charge in [-0.1, -0.05) is 12.1 Å². The molecular formula is C13H14N6. The molecular weight excluding hydrogens is 240 g/mol. The van der Waals surface area contributed by atoms with Gasteiger partial charge in [0, 0.05) is 19.3 Å². The van der Waals surface area contributed by atoms with E-state index in [0.717, 1.165) is 22.7 Å². The molecule has 0 saturated heterocycles. The molecule has 0 aliphatic heterocycles. The minimum Gasteiger partial charge on any atom is -0.388 e. The van der Waals surface area contributed by atoms with Crippen LogP contribution in [0.5, 0.6) is 0 Å². The van der Waals surface area contributed by atoms with Crippen LogP contribution in [0.3, 0.4) is 0 Å². The lowest BCUT2D eigenvalue weighted by Gasteiger charge is -2.06. The van der Waals surface area contributed by atoms with Gasteiger partial charge in [-0.25, -0.2) is 15.0 Å². The Morgan fingerprint density at radius 3 is 2.74 bits per heavy atom. The highest BCUT2D eigenvalue weighted by Crippen LogP contribution is 2.16. The van der Waals surface area contributed by atoms with Gasteiger partial charge >= 0.3 is 0 Å². The number of benzene rings is 1. The Bertz CT molecular complexity index is 673. The summed E-state index contributed by atoms with van der Waals surface area (Å²) in [7, 11) is 1.91. The SMILES string of the molecule is CNc1ccc(CNc2ncnc3[nH]cnc23)cc1. The number of hydrogen-bond donors (Lipinski definition) is 3. The molecule has 2 aromatic heterocycles. The Morgan fingerprint density at radius 1 is 1.11 bits per heavy atom. The van der Waals surface area contributed by atoms with Crippen LogP contribution in [0.4, 0.5) is 11.5 Å². The summed E-state index contributed by atoms with van der Waals surface area (Å²) < 4.78 is 0. The van der Waals surface area contributed by atoms with E-state index >= 15 is 0 Å². The zero-order valence-electron chi connectivity index (χ0n) is 10.5. The molecule has 0 radical (unpaired) electrons. The molecule has 0 aliphatic rings. The predicted octanol–water partition coefficient (Wildman–Crippen LogP) is 2.01. The number of nitrogens with one attached hydrogen (secondary N) is 3. The fourth-order valence-electron chi connectivity index (χ4n) is 1.87. The fourth-order valence-corrected chi connectivity index (χ4v) is 1.87. The van der Waals surface area contributed by atoms with Crippen molar-refractivity contribution in [3.8, 4) is 0 Å². The molecule has 19 heavy (non-hydrogen) atoms. The van der Waals surface area contributed by atoms with Crippen molar-refractivity contribution in [1.82, 2.24) is 19.9 Å². The highest BCUT2D eigenvalue weighted by atomic mass is 15.1. The molecule has 6 heteroatoms. The van der Waals surface area contributed by atoms with Crippen LogP contribution in [0.2, 0.25) is 0 Å². The number of H-pyrrole nitrogens is 1. The topological polar surface area (TPSA) is 78.5 Å². The summed E-state index contributed by atoms with van der Waals surface area (Å²) in [5.41, 5.74) is 3.78. The third-order valence-corrected chi connectivity index (χ3v) is 2.92. The van der Waals surface area contributed by atoms with Crippen LogP contribution in [0.15, 0.2) is 36.9 Å². The van der Waals surface area contributed by atoms with Gasteiger partial charge in [-0.3, -0.25) is 0 Å². The largest absolute Gasteiger partial charge is 0.388 e. The van der Waals surface area contributed by atoms with Crippen LogP contribution in [-0.2, 0) is 6.54 Å². The summed E-state index contributed by atoms with van der Waals surface area (Å²) in [5, 5.41) is 6.37. The Morgan fingerprint density at radius 2 is 1.95 bits per heavy atom.